The fraction of sp³-hybridized carbons (Fsp3) is 0.421. The van der Waals surface area contributed by atoms with E-state index in [1.54, 1.807) is 0 Å². The highest BCUT2D eigenvalue weighted by Crippen LogP contribution is 2.20. The smallest absolute Gasteiger partial charge is 0.0702 e. The van der Waals surface area contributed by atoms with Gasteiger partial charge in [0, 0.05) is 16.2 Å². The summed E-state index contributed by atoms with van der Waals surface area (Å²) >= 11 is 3.42. The van der Waals surface area contributed by atoms with Gasteiger partial charge in [0.25, 0.3) is 0 Å². The molecular formula is C19H24BrN. The summed E-state index contributed by atoms with van der Waals surface area (Å²) in [6, 6.07) is 12.9. The van der Waals surface area contributed by atoms with E-state index >= 15 is 0 Å². The van der Waals surface area contributed by atoms with E-state index < -0.39 is 0 Å². The molecule has 0 saturated carbocycles. The molecule has 2 heteroatoms. The van der Waals surface area contributed by atoms with Crippen LogP contribution in [0.3, 0.4) is 0 Å². The number of benzene rings is 1. The Morgan fingerprint density at radius 3 is 2.24 bits per heavy atom. The summed E-state index contributed by atoms with van der Waals surface area (Å²) in [6.07, 6.45) is 11.2. The molecule has 2 aromatic rings. The summed E-state index contributed by atoms with van der Waals surface area (Å²) in [5.74, 6) is 0. The largest absolute Gasteiger partial charge is 0.255 e. The molecule has 0 unspecified atom stereocenters. The monoisotopic (exact) mass is 345 g/mol. The summed E-state index contributed by atoms with van der Waals surface area (Å²) in [6.45, 7) is 2.27. The lowest BCUT2D eigenvalue weighted by Crippen LogP contribution is -1.88. The van der Waals surface area contributed by atoms with Gasteiger partial charge in [0.15, 0.2) is 0 Å². The Balaban J connectivity index is 1.80. The standard InChI is InChI=1S/C19H24BrN/c1-2-3-4-5-6-7-8-16-9-11-17(12-10-16)19-14-13-18(20)15-21-19/h9-15H,2-8H2,1H3. The van der Waals surface area contributed by atoms with Crippen LogP contribution in [0.2, 0.25) is 0 Å². The third-order valence-corrected chi connectivity index (χ3v) is 4.27. The van der Waals surface area contributed by atoms with Gasteiger partial charge in [-0.2, -0.15) is 0 Å². The average molecular weight is 346 g/mol. The summed E-state index contributed by atoms with van der Waals surface area (Å²) in [5, 5.41) is 0. The maximum atomic E-state index is 4.44. The van der Waals surface area contributed by atoms with E-state index in [0.717, 1.165) is 10.2 Å². The fourth-order valence-electron chi connectivity index (χ4n) is 2.50. The van der Waals surface area contributed by atoms with Crippen molar-refractivity contribution in [2.75, 3.05) is 0 Å². The van der Waals surface area contributed by atoms with Gasteiger partial charge in [-0.1, -0.05) is 63.3 Å². The van der Waals surface area contributed by atoms with Crippen LogP contribution in [0, 0.1) is 0 Å². The molecular weight excluding hydrogens is 322 g/mol. The van der Waals surface area contributed by atoms with Gasteiger partial charge in [0.1, 0.15) is 0 Å². The average Bonchev–Trinajstić information content (AvgIpc) is 2.52. The number of pyridine rings is 1. The zero-order valence-corrected chi connectivity index (χ0v) is 14.4. The van der Waals surface area contributed by atoms with E-state index in [1.807, 2.05) is 18.3 Å². The quantitative estimate of drug-likeness (QED) is 0.503. The molecule has 1 aromatic carbocycles. The number of unbranched alkanes of at least 4 members (excludes halogenated alkanes) is 5. The summed E-state index contributed by atoms with van der Waals surface area (Å²) in [5.41, 5.74) is 3.66. The van der Waals surface area contributed by atoms with Crippen LogP contribution in [0.15, 0.2) is 47.1 Å². The van der Waals surface area contributed by atoms with Gasteiger partial charge < -0.3 is 0 Å². The van der Waals surface area contributed by atoms with Crippen molar-refractivity contribution in [1.82, 2.24) is 4.98 Å². The number of aryl methyl sites for hydroxylation is 1. The van der Waals surface area contributed by atoms with E-state index in [0.29, 0.717) is 0 Å². The summed E-state index contributed by atoms with van der Waals surface area (Å²) in [4.78, 5) is 4.44. The van der Waals surface area contributed by atoms with Crippen LogP contribution in [0.25, 0.3) is 11.3 Å². The summed E-state index contributed by atoms with van der Waals surface area (Å²) < 4.78 is 1.02. The molecule has 0 amide bonds. The number of halogens is 1. The number of rotatable bonds is 8. The molecule has 2 rings (SSSR count). The highest BCUT2D eigenvalue weighted by molar-refractivity contribution is 9.10. The van der Waals surface area contributed by atoms with Crippen molar-refractivity contribution in [2.24, 2.45) is 0 Å². The molecule has 0 bridgehead atoms. The second-order valence-electron chi connectivity index (χ2n) is 5.58. The molecule has 0 saturated heterocycles. The summed E-state index contributed by atoms with van der Waals surface area (Å²) in [7, 11) is 0. The third-order valence-electron chi connectivity index (χ3n) is 3.80. The lowest BCUT2D eigenvalue weighted by Gasteiger charge is -2.05. The number of nitrogens with zero attached hydrogens (tertiary/aromatic N) is 1. The van der Waals surface area contributed by atoms with Gasteiger partial charge in [0.05, 0.1) is 5.69 Å². The van der Waals surface area contributed by atoms with Gasteiger partial charge in [-0.3, -0.25) is 4.98 Å². The van der Waals surface area contributed by atoms with E-state index in [-0.39, 0.29) is 0 Å². The van der Waals surface area contributed by atoms with Crippen molar-refractivity contribution in [1.29, 1.82) is 0 Å². The van der Waals surface area contributed by atoms with Crippen LogP contribution in [0.4, 0.5) is 0 Å². The first-order valence-corrected chi connectivity index (χ1v) is 8.80. The van der Waals surface area contributed by atoms with Gasteiger partial charge in [-0.25, -0.2) is 0 Å². The van der Waals surface area contributed by atoms with Crippen LogP contribution in [-0.2, 0) is 6.42 Å². The molecule has 112 valence electrons. The van der Waals surface area contributed by atoms with Gasteiger partial charge in [0.2, 0.25) is 0 Å². The zero-order chi connectivity index (χ0) is 14.9. The lowest BCUT2D eigenvalue weighted by atomic mass is 10.0. The SMILES string of the molecule is CCCCCCCCc1ccc(-c2ccc(Br)cn2)cc1. The predicted molar refractivity (Wildman–Crippen MR) is 94.5 cm³/mol. The maximum absolute atomic E-state index is 4.44. The Bertz CT molecular complexity index is 516. The minimum atomic E-state index is 1.02. The molecule has 0 fully saturated rings. The molecule has 0 N–H and O–H groups in total. The van der Waals surface area contributed by atoms with Crippen molar-refractivity contribution in [2.45, 2.75) is 51.9 Å². The minimum Gasteiger partial charge on any atom is -0.255 e. The van der Waals surface area contributed by atoms with E-state index in [9.17, 15) is 0 Å². The highest BCUT2D eigenvalue weighted by atomic mass is 79.9. The zero-order valence-electron chi connectivity index (χ0n) is 12.8. The number of aromatic nitrogens is 1. The van der Waals surface area contributed by atoms with E-state index in [4.69, 9.17) is 0 Å². The molecule has 21 heavy (non-hydrogen) atoms. The van der Waals surface area contributed by atoms with Crippen molar-refractivity contribution < 1.29 is 0 Å². The number of hydrogen-bond acceptors (Lipinski definition) is 1. The first kappa shape index (κ1) is 16.2. The van der Waals surface area contributed by atoms with Gasteiger partial charge in [-0.05, 0) is 46.5 Å². The second kappa shape index (κ2) is 8.99. The van der Waals surface area contributed by atoms with Crippen molar-refractivity contribution >= 4 is 15.9 Å². The molecule has 0 radical (unpaired) electrons. The first-order chi connectivity index (χ1) is 10.3. The molecule has 0 aliphatic carbocycles. The van der Waals surface area contributed by atoms with E-state index in [1.165, 1.54) is 56.1 Å². The topological polar surface area (TPSA) is 12.9 Å². The Morgan fingerprint density at radius 2 is 1.57 bits per heavy atom. The fourth-order valence-corrected chi connectivity index (χ4v) is 2.73. The second-order valence-corrected chi connectivity index (χ2v) is 6.49. The van der Waals surface area contributed by atoms with Crippen LogP contribution >= 0.6 is 15.9 Å². The molecule has 1 aromatic heterocycles. The normalized spacial score (nSPS) is 10.8. The van der Waals surface area contributed by atoms with Crippen LogP contribution in [0.1, 0.15) is 51.0 Å². The lowest BCUT2D eigenvalue weighted by molar-refractivity contribution is 0.607. The van der Waals surface area contributed by atoms with E-state index in [2.05, 4.69) is 52.1 Å². The minimum absolute atomic E-state index is 1.02. The van der Waals surface area contributed by atoms with Crippen LogP contribution < -0.4 is 0 Å². The van der Waals surface area contributed by atoms with Crippen LogP contribution in [0.5, 0.6) is 0 Å². The molecule has 1 heterocycles. The molecule has 0 aliphatic heterocycles. The Hall–Kier alpha value is -1.15. The molecule has 0 aliphatic rings. The van der Waals surface area contributed by atoms with Crippen molar-refractivity contribution in [3.8, 4) is 11.3 Å². The first-order valence-electron chi connectivity index (χ1n) is 8.00. The predicted octanol–water partition coefficient (Wildman–Crippen LogP) is 6.41. The number of hydrogen-bond donors (Lipinski definition) is 0. The van der Waals surface area contributed by atoms with Crippen molar-refractivity contribution in [3.05, 3.63) is 52.6 Å². The molecule has 1 nitrogen and oxygen atoms in total. The van der Waals surface area contributed by atoms with Crippen LogP contribution in [-0.4, -0.2) is 4.98 Å². The van der Waals surface area contributed by atoms with Gasteiger partial charge >= 0.3 is 0 Å². The van der Waals surface area contributed by atoms with Gasteiger partial charge in [-0.15, -0.1) is 0 Å². The third kappa shape index (κ3) is 5.62. The Labute approximate surface area is 136 Å². The Morgan fingerprint density at radius 1 is 0.857 bits per heavy atom. The van der Waals surface area contributed by atoms with Crippen molar-refractivity contribution in [3.63, 3.8) is 0 Å². The molecule has 0 atom stereocenters. The highest BCUT2D eigenvalue weighted by Gasteiger charge is 2.00. The molecule has 0 spiro atoms. The maximum Gasteiger partial charge on any atom is 0.0702 e. The Kier molecular flexibility index (Phi) is 6.94.